The lowest BCUT2D eigenvalue weighted by Crippen LogP contribution is -2.54. The minimum atomic E-state index is -0.666. The van der Waals surface area contributed by atoms with E-state index in [9.17, 15) is 9.59 Å². The second-order valence-electron chi connectivity index (χ2n) is 5.79. The van der Waals surface area contributed by atoms with Crippen molar-refractivity contribution in [2.75, 3.05) is 20.8 Å². The van der Waals surface area contributed by atoms with Crippen LogP contribution in [0.25, 0.3) is 0 Å². The summed E-state index contributed by atoms with van der Waals surface area (Å²) in [7, 11) is 2.67. The Balaban J connectivity index is 2.52. The maximum Gasteiger partial charge on any atom is 0.410 e. The number of allylic oxidation sites excluding steroid dienone is 2. The van der Waals surface area contributed by atoms with Gasteiger partial charge in [0, 0.05) is 12.0 Å². The summed E-state index contributed by atoms with van der Waals surface area (Å²) in [6.07, 6.45) is 5.33. The van der Waals surface area contributed by atoms with Gasteiger partial charge in [-0.3, -0.25) is 4.90 Å². The molecular formula is C15H21NO4. The third-order valence-electron chi connectivity index (χ3n) is 3.98. The summed E-state index contributed by atoms with van der Waals surface area (Å²) in [4.78, 5) is 25.6. The van der Waals surface area contributed by atoms with Crippen molar-refractivity contribution in [3.05, 3.63) is 23.3 Å². The quantitative estimate of drug-likeness (QED) is 0.691. The van der Waals surface area contributed by atoms with Crippen molar-refractivity contribution in [3.8, 4) is 0 Å². The molecule has 5 heteroatoms. The molecule has 0 aromatic heterocycles. The van der Waals surface area contributed by atoms with Crippen molar-refractivity contribution in [1.29, 1.82) is 0 Å². The van der Waals surface area contributed by atoms with Crippen molar-refractivity contribution >= 4 is 12.1 Å². The zero-order valence-electron chi connectivity index (χ0n) is 12.4. The van der Waals surface area contributed by atoms with Gasteiger partial charge in [-0.05, 0) is 24.0 Å². The zero-order chi connectivity index (χ0) is 14.9. The van der Waals surface area contributed by atoms with Gasteiger partial charge >= 0.3 is 12.1 Å². The van der Waals surface area contributed by atoms with Crippen LogP contribution in [-0.4, -0.2) is 43.8 Å². The predicted octanol–water partition coefficient (Wildman–Crippen LogP) is 2.28. The third kappa shape index (κ3) is 2.32. The Morgan fingerprint density at radius 3 is 2.60 bits per heavy atom. The molecule has 0 aromatic carbocycles. The van der Waals surface area contributed by atoms with Crippen molar-refractivity contribution < 1.29 is 19.1 Å². The first-order chi connectivity index (χ1) is 9.42. The molecule has 0 radical (unpaired) electrons. The number of hydrogen-bond acceptors (Lipinski definition) is 4. The lowest BCUT2D eigenvalue weighted by atomic mass is 9.72. The molecule has 0 fully saturated rings. The molecular weight excluding hydrogens is 258 g/mol. The molecule has 2 rings (SSSR count). The number of esters is 1. The number of methoxy groups -OCH3 is 2. The highest BCUT2D eigenvalue weighted by molar-refractivity contribution is 5.86. The van der Waals surface area contributed by atoms with E-state index in [-0.39, 0.29) is 5.41 Å². The summed E-state index contributed by atoms with van der Waals surface area (Å²) in [6, 6.07) is -0.666. The average Bonchev–Trinajstić information content (AvgIpc) is 2.45. The number of carbonyl (C=O) groups excluding carboxylic acids is 2. The van der Waals surface area contributed by atoms with Crippen LogP contribution in [-0.2, 0) is 14.3 Å². The fourth-order valence-electron chi connectivity index (χ4n) is 3.08. The molecule has 0 bridgehead atoms. The van der Waals surface area contributed by atoms with Gasteiger partial charge in [0.1, 0.15) is 0 Å². The van der Waals surface area contributed by atoms with E-state index in [0.717, 1.165) is 24.0 Å². The SMILES string of the molecule is COC(=O)C1C2=C(C=CCC2)C(C)(C)CN1C(=O)OC. The van der Waals surface area contributed by atoms with Crippen LogP contribution in [0.15, 0.2) is 23.3 Å². The van der Waals surface area contributed by atoms with Crippen LogP contribution in [0.1, 0.15) is 26.7 Å². The summed E-state index contributed by atoms with van der Waals surface area (Å²) >= 11 is 0. The van der Waals surface area contributed by atoms with E-state index in [1.165, 1.54) is 19.1 Å². The van der Waals surface area contributed by atoms with Crippen LogP contribution in [0.2, 0.25) is 0 Å². The molecule has 0 saturated carbocycles. The first-order valence-electron chi connectivity index (χ1n) is 6.75. The Morgan fingerprint density at radius 1 is 1.30 bits per heavy atom. The lowest BCUT2D eigenvalue weighted by Gasteiger charge is -2.44. The smallest absolute Gasteiger partial charge is 0.410 e. The van der Waals surface area contributed by atoms with Crippen LogP contribution in [0, 0.1) is 5.41 Å². The molecule has 5 nitrogen and oxygen atoms in total. The minimum Gasteiger partial charge on any atom is -0.467 e. The monoisotopic (exact) mass is 279 g/mol. The second-order valence-corrected chi connectivity index (χ2v) is 5.79. The fourth-order valence-corrected chi connectivity index (χ4v) is 3.08. The van der Waals surface area contributed by atoms with Gasteiger partial charge in [0.2, 0.25) is 0 Å². The normalized spacial score (nSPS) is 24.2. The first kappa shape index (κ1) is 14.6. The Morgan fingerprint density at radius 2 is 2.00 bits per heavy atom. The number of nitrogens with zero attached hydrogens (tertiary/aromatic N) is 1. The first-order valence-corrected chi connectivity index (χ1v) is 6.75. The molecule has 1 heterocycles. The van der Waals surface area contributed by atoms with Crippen LogP contribution in [0.3, 0.4) is 0 Å². The van der Waals surface area contributed by atoms with Crippen LogP contribution >= 0.6 is 0 Å². The number of amides is 1. The van der Waals surface area contributed by atoms with E-state index in [1.54, 1.807) is 0 Å². The number of rotatable bonds is 1. The van der Waals surface area contributed by atoms with E-state index >= 15 is 0 Å². The van der Waals surface area contributed by atoms with Crippen LogP contribution in [0.4, 0.5) is 4.79 Å². The molecule has 2 aliphatic rings. The second kappa shape index (κ2) is 5.31. The van der Waals surface area contributed by atoms with E-state index in [4.69, 9.17) is 9.47 Å². The van der Waals surface area contributed by atoms with Crippen LogP contribution in [0.5, 0.6) is 0 Å². The molecule has 1 unspecified atom stereocenters. The summed E-state index contributed by atoms with van der Waals surface area (Å²) < 4.78 is 9.71. The maximum absolute atomic E-state index is 12.1. The summed E-state index contributed by atoms with van der Waals surface area (Å²) in [6.45, 7) is 4.57. The van der Waals surface area contributed by atoms with Gasteiger partial charge in [-0.2, -0.15) is 0 Å². The van der Waals surface area contributed by atoms with Crippen LogP contribution < -0.4 is 0 Å². The molecule has 0 N–H and O–H groups in total. The highest BCUT2D eigenvalue weighted by atomic mass is 16.5. The Labute approximate surface area is 119 Å². The van der Waals surface area contributed by atoms with E-state index in [1.807, 2.05) is 0 Å². The molecule has 0 saturated heterocycles. The molecule has 1 amide bonds. The standard InChI is InChI=1S/C15H21NO4/c1-15(2)9-16(14(18)20-4)12(13(17)19-3)10-7-5-6-8-11(10)15/h6,8,12H,5,7,9H2,1-4H3. The summed E-state index contributed by atoms with van der Waals surface area (Å²) in [5, 5.41) is 0. The van der Waals surface area contributed by atoms with Crippen molar-refractivity contribution in [2.24, 2.45) is 5.41 Å². The lowest BCUT2D eigenvalue weighted by molar-refractivity contribution is -0.145. The number of ether oxygens (including phenoxy) is 2. The van der Waals surface area contributed by atoms with E-state index in [0.29, 0.717) is 6.54 Å². The van der Waals surface area contributed by atoms with Gasteiger partial charge < -0.3 is 9.47 Å². The van der Waals surface area contributed by atoms with E-state index in [2.05, 4.69) is 26.0 Å². The molecule has 1 atom stereocenters. The van der Waals surface area contributed by atoms with Crippen molar-refractivity contribution in [2.45, 2.75) is 32.7 Å². The van der Waals surface area contributed by atoms with Crippen molar-refractivity contribution in [3.63, 3.8) is 0 Å². The molecule has 20 heavy (non-hydrogen) atoms. The topological polar surface area (TPSA) is 55.8 Å². The Hall–Kier alpha value is -1.78. The zero-order valence-corrected chi connectivity index (χ0v) is 12.4. The number of hydrogen-bond donors (Lipinski definition) is 0. The minimum absolute atomic E-state index is 0.203. The maximum atomic E-state index is 12.1. The summed E-state index contributed by atoms with van der Waals surface area (Å²) in [5.41, 5.74) is 1.91. The molecule has 1 aliphatic carbocycles. The van der Waals surface area contributed by atoms with Gasteiger partial charge in [-0.15, -0.1) is 0 Å². The largest absolute Gasteiger partial charge is 0.467 e. The fraction of sp³-hybridized carbons (Fsp3) is 0.600. The van der Waals surface area contributed by atoms with Gasteiger partial charge in [0.25, 0.3) is 0 Å². The van der Waals surface area contributed by atoms with Gasteiger partial charge in [0.15, 0.2) is 6.04 Å². The summed E-state index contributed by atoms with van der Waals surface area (Å²) in [5.74, 6) is -0.409. The molecule has 0 spiro atoms. The van der Waals surface area contributed by atoms with Crippen molar-refractivity contribution in [1.82, 2.24) is 4.90 Å². The van der Waals surface area contributed by atoms with E-state index < -0.39 is 18.1 Å². The van der Waals surface area contributed by atoms with Gasteiger partial charge in [-0.25, -0.2) is 9.59 Å². The Bertz CT molecular complexity index is 490. The molecule has 1 aliphatic heterocycles. The average molecular weight is 279 g/mol. The van der Waals surface area contributed by atoms with Gasteiger partial charge in [-0.1, -0.05) is 26.0 Å². The molecule has 0 aromatic rings. The Kier molecular flexibility index (Phi) is 3.88. The third-order valence-corrected chi connectivity index (χ3v) is 3.98. The van der Waals surface area contributed by atoms with Gasteiger partial charge in [0.05, 0.1) is 14.2 Å². The number of carbonyl (C=O) groups is 2. The highest BCUT2D eigenvalue weighted by Gasteiger charge is 2.45. The molecule has 110 valence electrons. The highest BCUT2D eigenvalue weighted by Crippen LogP contribution is 2.42. The predicted molar refractivity (Wildman–Crippen MR) is 74.1 cm³/mol.